The molecular formula is C19H25N5O4S. The van der Waals surface area contributed by atoms with E-state index in [4.69, 9.17) is 4.74 Å². The first-order chi connectivity index (χ1) is 14.0. The summed E-state index contributed by atoms with van der Waals surface area (Å²) in [7, 11) is 1.65. The summed E-state index contributed by atoms with van der Waals surface area (Å²) >= 11 is 1.42. The van der Waals surface area contributed by atoms with Crippen LogP contribution in [0.1, 0.15) is 39.8 Å². The minimum Gasteiger partial charge on any atom is -0.462 e. The summed E-state index contributed by atoms with van der Waals surface area (Å²) in [4.78, 5) is 39.3. The zero-order chi connectivity index (χ0) is 20.8. The van der Waals surface area contributed by atoms with Crippen LogP contribution in [-0.4, -0.2) is 64.7 Å². The van der Waals surface area contributed by atoms with Gasteiger partial charge in [0.1, 0.15) is 11.4 Å². The molecule has 9 nitrogen and oxygen atoms in total. The fourth-order valence-electron chi connectivity index (χ4n) is 3.22. The molecule has 0 atom stereocenters. The molecule has 1 saturated heterocycles. The van der Waals surface area contributed by atoms with Gasteiger partial charge in [-0.1, -0.05) is 6.07 Å². The van der Waals surface area contributed by atoms with Crippen molar-refractivity contribution in [2.75, 3.05) is 31.6 Å². The zero-order valence-corrected chi connectivity index (χ0v) is 17.3. The van der Waals surface area contributed by atoms with Crippen LogP contribution in [0.3, 0.4) is 0 Å². The third kappa shape index (κ3) is 5.42. The first-order valence-corrected chi connectivity index (χ1v) is 10.4. The molecule has 0 aliphatic carbocycles. The average Bonchev–Trinajstić information content (AvgIpc) is 3.34. The molecule has 0 saturated carbocycles. The number of nitrogens with zero attached hydrogens (tertiary/aromatic N) is 3. The van der Waals surface area contributed by atoms with Crippen molar-refractivity contribution >= 4 is 34.9 Å². The second kappa shape index (κ2) is 9.66. The average molecular weight is 420 g/mol. The van der Waals surface area contributed by atoms with Gasteiger partial charge in [-0.25, -0.2) is 4.79 Å². The third-order valence-corrected chi connectivity index (χ3v) is 5.60. The molecule has 0 aromatic carbocycles. The van der Waals surface area contributed by atoms with Crippen molar-refractivity contribution in [3.63, 3.8) is 0 Å². The number of carbonyl (C=O) groups excluding carboxylic acids is 3. The van der Waals surface area contributed by atoms with Crippen molar-refractivity contribution < 1.29 is 19.1 Å². The van der Waals surface area contributed by atoms with Crippen LogP contribution in [0, 0.1) is 0 Å². The number of likely N-dealkylation sites (tertiary alicyclic amines) is 1. The van der Waals surface area contributed by atoms with Crippen molar-refractivity contribution in [3.8, 4) is 0 Å². The number of hydrogen-bond donors (Lipinski definition) is 2. The van der Waals surface area contributed by atoms with E-state index in [0.29, 0.717) is 23.8 Å². The SMILES string of the molecule is CCOC(=O)c1cnn(C)c1NC(=O)CN1CCC(NC(=O)c2cccs2)CC1. The highest BCUT2D eigenvalue weighted by Gasteiger charge is 2.24. The molecule has 2 aromatic heterocycles. The maximum atomic E-state index is 12.5. The molecule has 3 rings (SSSR count). The smallest absolute Gasteiger partial charge is 0.343 e. The predicted molar refractivity (Wildman–Crippen MR) is 109 cm³/mol. The van der Waals surface area contributed by atoms with Gasteiger partial charge in [-0.05, 0) is 31.2 Å². The molecule has 2 N–H and O–H groups in total. The third-order valence-electron chi connectivity index (χ3n) is 4.73. The van der Waals surface area contributed by atoms with Crippen molar-refractivity contribution in [2.24, 2.45) is 7.05 Å². The first kappa shape index (κ1) is 21.0. The molecular weight excluding hydrogens is 394 g/mol. The summed E-state index contributed by atoms with van der Waals surface area (Å²) in [5.41, 5.74) is 0.234. The highest BCUT2D eigenvalue weighted by atomic mass is 32.1. The highest BCUT2D eigenvalue weighted by molar-refractivity contribution is 7.12. The molecule has 29 heavy (non-hydrogen) atoms. The van der Waals surface area contributed by atoms with E-state index in [2.05, 4.69) is 15.7 Å². The van der Waals surface area contributed by atoms with Crippen LogP contribution in [0.25, 0.3) is 0 Å². The number of hydrogen-bond acceptors (Lipinski definition) is 7. The summed E-state index contributed by atoms with van der Waals surface area (Å²) in [6, 6.07) is 3.77. The number of amides is 2. The van der Waals surface area contributed by atoms with Gasteiger partial charge in [0, 0.05) is 26.2 Å². The highest BCUT2D eigenvalue weighted by Crippen LogP contribution is 2.17. The van der Waals surface area contributed by atoms with E-state index in [0.717, 1.165) is 12.8 Å². The summed E-state index contributed by atoms with van der Waals surface area (Å²) in [5, 5.41) is 11.7. The van der Waals surface area contributed by atoms with Crippen LogP contribution in [-0.2, 0) is 16.6 Å². The van der Waals surface area contributed by atoms with E-state index in [9.17, 15) is 14.4 Å². The second-order valence-corrected chi connectivity index (χ2v) is 7.75. The summed E-state index contributed by atoms with van der Waals surface area (Å²) in [6.07, 6.45) is 2.95. The van der Waals surface area contributed by atoms with Crippen molar-refractivity contribution in [3.05, 3.63) is 34.2 Å². The van der Waals surface area contributed by atoms with Crippen LogP contribution < -0.4 is 10.6 Å². The molecule has 0 spiro atoms. The van der Waals surface area contributed by atoms with Gasteiger partial charge in [0.05, 0.1) is 24.2 Å². The number of esters is 1. The monoisotopic (exact) mass is 419 g/mol. The van der Waals surface area contributed by atoms with E-state index >= 15 is 0 Å². The normalized spacial score (nSPS) is 15.1. The van der Waals surface area contributed by atoms with Gasteiger partial charge in [-0.2, -0.15) is 5.10 Å². The summed E-state index contributed by atoms with van der Waals surface area (Å²) < 4.78 is 6.44. The van der Waals surface area contributed by atoms with E-state index in [1.807, 2.05) is 22.4 Å². The van der Waals surface area contributed by atoms with E-state index in [-0.39, 0.29) is 36.6 Å². The lowest BCUT2D eigenvalue weighted by Crippen LogP contribution is -2.46. The molecule has 0 bridgehead atoms. The predicted octanol–water partition coefficient (Wildman–Crippen LogP) is 1.49. The number of ether oxygens (including phenoxy) is 1. The molecule has 10 heteroatoms. The van der Waals surface area contributed by atoms with E-state index in [1.54, 1.807) is 14.0 Å². The van der Waals surface area contributed by atoms with Crippen molar-refractivity contribution in [1.29, 1.82) is 0 Å². The Morgan fingerprint density at radius 1 is 1.31 bits per heavy atom. The second-order valence-electron chi connectivity index (χ2n) is 6.80. The maximum Gasteiger partial charge on any atom is 0.343 e. The van der Waals surface area contributed by atoms with Crippen molar-refractivity contribution in [2.45, 2.75) is 25.8 Å². The number of nitrogens with one attached hydrogen (secondary N) is 2. The van der Waals surface area contributed by atoms with Gasteiger partial charge in [-0.15, -0.1) is 11.3 Å². The van der Waals surface area contributed by atoms with Gasteiger partial charge < -0.3 is 15.4 Å². The van der Waals surface area contributed by atoms with Crippen LogP contribution in [0.15, 0.2) is 23.7 Å². The van der Waals surface area contributed by atoms with E-state index in [1.165, 1.54) is 22.2 Å². The minimum atomic E-state index is -0.516. The number of rotatable bonds is 7. The van der Waals surface area contributed by atoms with Crippen LogP contribution in [0.5, 0.6) is 0 Å². The molecule has 0 unspecified atom stereocenters. The Kier molecular flexibility index (Phi) is 6.99. The fourth-order valence-corrected chi connectivity index (χ4v) is 3.85. The van der Waals surface area contributed by atoms with Gasteiger partial charge in [-0.3, -0.25) is 19.2 Å². The number of piperidine rings is 1. The molecule has 1 aliphatic rings. The quantitative estimate of drug-likeness (QED) is 0.659. The van der Waals surface area contributed by atoms with Crippen LogP contribution >= 0.6 is 11.3 Å². The number of anilines is 1. The number of aryl methyl sites for hydroxylation is 1. The maximum absolute atomic E-state index is 12.5. The van der Waals surface area contributed by atoms with Gasteiger partial charge >= 0.3 is 5.97 Å². The topological polar surface area (TPSA) is 106 Å². The molecule has 156 valence electrons. The lowest BCUT2D eigenvalue weighted by molar-refractivity contribution is -0.117. The Labute approximate surface area is 173 Å². The molecule has 2 aromatic rings. The minimum absolute atomic E-state index is 0.0427. The summed E-state index contributed by atoms with van der Waals surface area (Å²) in [5.74, 6) is -0.455. The lowest BCUT2D eigenvalue weighted by Gasteiger charge is -2.31. The number of aromatic nitrogens is 2. The Hall–Kier alpha value is -2.72. The molecule has 1 fully saturated rings. The zero-order valence-electron chi connectivity index (χ0n) is 16.5. The molecule has 0 radical (unpaired) electrons. The first-order valence-electron chi connectivity index (χ1n) is 9.53. The van der Waals surface area contributed by atoms with Gasteiger partial charge in [0.2, 0.25) is 5.91 Å². The van der Waals surface area contributed by atoms with Crippen LogP contribution in [0.4, 0.5) is 5.82 Å². The Balaban J connectivity index is 1.47. The largest absolute Gasteiger partial charge is 0.462 e. The number of thiophene rings is 1. The van der Waals surface area contributed by atoms with Crippen molar-refractivity contribution in [1.82, 2.24) is 20.0 Å². The lowest BCUT2D eigenvalue weighted by atomic mass is 10.0. The van der Waals surface area contributed by atoms with Gasteiger partial charge in [0.25, 0.3) is 5.91 Å². The molecule has 2 amide bonds. The van der Waals surface area contributed by atoms with E-state index < -0.39 is 5.97 Å². The van der Waals surface area contributed by atoms with Gasteiger partial charge in [0.15, 0.2) is 0 Å². The Morgan fingerprint density at radius 2 is 2.07 bits per heavy atom. The summed E-state index contributed by atoms with van der Waals surface area (Å²) in [6.45, 7) is 3.59. The Morgan fingerprint density at radius 3 is 2.72 bits per heavy atom. The van der Waals surface area contributed by atoms with Crippen LogP contribution in [0.2, 0.25) is 0 Å². The molecule has 3 heterocycles. The standard InChI is InChI=1S/C19H25N5O4S/c1-3-28-19(27)14-11-20-23(2)17(14)22-16(25)12-24-8-6-13(7-9-24)21-18(26)15-5-4-10-29-15/h4-5,10-11,13H,3,6-9,12H2,1-2H3,(H,21,26)(H,22,25). The Bertz CT molecular complexity index is 856. The molecule has 1 aliphatic heterocycles. The fraction of sp³-hybridized carbons (Fsp3) is 0.474. The number of carbonyl (C=O) groups is 3.